The van der Waals surface area contributed by atoms with Gasteiger partial charge >= 0.3 is 12.1 Å². The number of carboxylic acids is 1. The lowest BCUT2D eigenvalue weighted by molar-refractivity contribution is -0.141. The number of nitrogens with one attached hydrogen (secondary N) is 2. The number of alkyl carbamates (subject to hydrolysis) is 1. The van der Waals surface area contributed by atoms with Gasteiger partial charge in [-0.05, 0) is 47.9 Å². The Labute approximate surface area is 188 Å². The maximum Gasteiger partial charge on any atom is 0.407 e. The number of benzene rings is 2. The van der Waals surface area contributed by atoms with E-state index in [4.69, 9.17) is 9.84 Å². The number of aliphatic carboxylic acids is 1. The first-order chi connectivity index (χ1) is 15.3. The zero-order valence-corrected chi connectivity index (χ0v) is 18.6. The van der Waals surface area contributed by atoms with E-state index in [0.29, 0.717) is 18.8 Å². The smallest absolute Gasteiger partial charge is 0.407 e. The molecular weight excluding hydrogens is 408 g/mol. The first kappa shape index (κ1) is 23.3. The van der Waals surface area contributed by atoms with Gasteiger partial charge in [0.25, 0.3) is 0 Å². The van der Waals surface area contributed by atoms with Crippen LogP contribution in [0.25, 0.3) is 11.1 Å². The Kier molecular flexibility index (Phi) is 7.51. The van der Waals surface area contributed by atoms with E-state index in [9.17, 15) is 14.4 Å². The third-order valence-corrected chi connectivity index (χ3v) is 5.71. The summed E-state index contributed by atoms with van der Waals surface area (Å²) in [7, 11) is 0. The van der Waals surface area contributed by atoms with E-state index in [-0.39, 0.29) is 12.5 Å². The van der Waals surface area contributed by atoms with Crippen molar-refractivity contribution in [1.29, 1.82) is 0 Å². The SMILES string of the molecule is CC(C)CCC(NC(=O)OCC1c2ccccc2-c2ccccc21)C(=O)N[C@H](C)C(=O)O. The van der Waals surface area contributed by atoms with Crippen molar-refractivity contribution >= 4 is 18.0 Å². The van der Waals surface area contributed by atoms with Crippen LogP contribution in [0.15, 0.2) is 48.5 Å². The van der Waals surface area contributed by atoms with E-state index in [0.717, 1.165) is 22.3 Å². The summed E-state index contributed by atoms with van der Waals surface area (Å²) in [4.78, 5) is 36.2. The maximum absolute atomic E-state index is 12.6. The molecule has 7 heteroatoms. The van der Waals surface area contributed by atoms with Gasteiger partial charge in [0.2, 0.25) is 5.91 Å². The second-order valence-corrected chi connectivity index (χ2v) is 8.56. The van der Waals surface area contributed by atoms with Gasteiger partial charge in [0, 0.05) is 5.92 Å². The van der Waals surface area contributed by atoms with Crippen molar-refractivity contribution in [3.63, 3.8) is 0 Å². The Hall–Kier alpha value is -3.35. The summed E-state index contributed by atoms with van der Waals surface area (Å²) >= 11 is 0. The summed E-state index contributed by atoms with van der Waals surface area (Å²) in [5.74, 6) is -1.43. The minimum absolute atomic E-state index is 0.0804. The van der Waals surface area contributed by atoms with Gasteiger partial charge in [0.15, 0.2) is 0 Å². The number of amides is 2. The second-order valence-electron chi connectivity index (χ2n) is 8.56. The lowest BCUT2D eigenvalue weighted by Gasteiger charge is -2.21. The van der Waals surface area contributed by atoms with Crippen molar-refractivity contribution in [1.82, 2.24) is 10.6 Å². The Balaban J connectivity index is 1.66. The zero-order valence-electron chi connectivity index (χ0n) is 18.6. The number of carbonyl (C=O) groups is 3. The Morgan fingerprint density at radius 3 is 2.00 bits per heavy atom. The molecule has 1 aliphatic carbocycles. The minimum atomic E-state index is -1.14. The van der Waals surface area contributed by atoms with Crippen LogP contribution in [0.2, 0.25) is 0 Å². The Morgan fingerprint density at radius 2 is 1.47 bits per heavy atom. The van der Waals surface area contributed by atoms with Gasteiger partial charge in [-0.2, -0.15) is 0 Å². The summed E-state index contributed by atoms with van der Waals surface area (Å²) in [5.41, 5.74) is 4.47. The molecule has 0 saturated heterocycles. The van der Waals surface area contributed by atoms with Crippen LogP contribution in [-0.4, -0.2) is 41.8 Å². The normalized spacial score (nSPS) is 14.2. The Morgan fingerprint density at radius 1 is 0.906 bits per heavy atom. The highest BCUT2D eigenvalue weighted by molar-refractivity contribution is 5.89. The molecule has 3 rings (SSSR count). The molecule has 0 radical (unpaired) electrons. The average Bonchev–Trinajstić information content (AvgIpc) is 3.08. The largest absolute Gasteiger partial charge is 0.480 e. The van der Waals surface area contributed by atoms with Gasteiger partial charge in [-0.3, -0.25) is 9.59 Å². The van der Waals surface area contributed by atoms with Crippen LogP contribution in [0, 0.1) is 5.92 Å². The van der Waals surface area contributed by atoms with E-state index < -0.39 is 30.1 Å². The van der Waals surface area contributed by atoms with Gasteiger partial charge in [0.1, 0.15) is 18.7 Å². The van der Waals surface area contributed by atoms with E-state index in [1.54, 1.807) is 0 Å². The fourth-order valence-corrected chi connectivity index (χ4v) is 3.93. The fourth-order valence-electron chi connectivity index (χ4n) is 3.93. The molecule has 0 saturated carbocycles. The van der Waals surface area contributed by atoms with Crippen molar-refractivity contribution in [2.45, 2.75) is 51.6 Å². The van der Waals surface area contributed by atoms with Crippen LogP contribution in [0.4, 0.5) is 4.79 Å². The van der Waals surface area contributed by atoms with Crippen molar-refractivity contribution in [3.05, 3.63) is 59.7 Å². The number of ether oxygens (including phenoxy) is 1. The first-order valence-electron chi connectivity index (χ1n) is 10.9. The minimum Gasteiger partial charge on any atom is -0.480 e. The molecular formula is C25H30N2O5. The van der Waals surface area contributed by atoms with Crippen molar-refractivity contribution in [2.75, 3.05) is 6.61 Å². The quantitative estimate of drug-likeness (QED) is 0.550. The molecule has 0 fully saturated rings. The Bertz CT molecular complexity index is 942. The molecule has 0 bridgehead atoms. The summed E-state index contributed by atoms with van der Waals surface area (Å²) < 4.78 is 5.53. The molecule has 32 heavy (non-hydrogen) atoms. The lowest BCUT2D eigenvalue weighted by Crippen LogP contribution is -2.51. The third kappa shape index (κ3) is 5.46. The second kappa shape index (κ2) is 10.3. The number of fused-ring (bicyclic) bond motifs is 3. The van der Waals surface area contributed by atoms with Crippen LogP contribution in [-0.2, 0) is 14.3 Å². The van der Waals surface area contributed by atoms with Crippen LogP contribution < -0.4 is 10.6 Å². The van der Waals surface area contributed by atoms with Gasteiger partial charge in [-0.1, -0.05) is 62.4 Å². The van der Waals surface area contributed by atoms with E-state index >= 15 is 0 Å². The molecule has 2 aromatic rings. The number of carbonyl (C=O) groups excluding carboxylic acids is 2. The summed E-state index contributed by atoms with van der Waals surface area (Å²) in [5, 5.41) is 14.1. The number of hydrogen-bond donors (Lipinski definition) is 3. The van der Waals surface area contributed by atoms with Crippen molar-refractivity contribution in [3.8, 4) is 11.1 Å². The summed E-state index contributed by atoms with van der Waals surface area (Å²) in [6, 6.07) is 14.2. The number of hydrogen-bond acceptors (Lipinski definition) is 4. The third-order valence-electron chi connectivity index (χ3n) is 5.71. The molecule has 2 aromatic carbocycles. The topological polar surface area (TPSA) is 105 Å². The molecule has 0 heterocycles. The van der Waals surface area contributed by atoms with E-state index in [1.165, 1.54) is 6.92 Å². The van der Waals surface area contributed by atoms with Gasteiger partial charge in [-0.15, -0.1) is 0 Å². The number of carboxylic acid groups (broad SMARTS) is 1. The van der Waals surface area contributed by atoms with Crippen molar-refractivity contribution in [2.24, 2.45) is 5.92 Å². The highest BCUT2D eigenvalue weighted by Crippen LogP contribution is 2.44. The van der Waals surface area contributed by atoms with E-state index in [1.807, 2.05) is 50.2 Å². The molecule has 7 nitrogen and oxygen atoms in total. The standard InChI is InChI=1S/C25H30N2O5/c1-15(2)12-13-22(23(28)26-16(3)24(29)30)27-25(31)32-14-21-19-10-6-4-8-17(19)18-9-5-7-11-20(18)21/h4-11,15-16,21-22H,12-14H2,1-3H3,(H,26,28)(H,27,31)(H,29,30)/t16-,22?/m1/s1. The van der Waals surface area contributed by atoms with Gasteiger partial charge in [-0.25, -0.2) is 4.79 Å². The van der Waals surface area contributed by atoms with Gasteiger partial charge < -0.3 is 20.5 Å². The first-order valence-corrected chi connectivity index (χ1v) is 10.9. The molecule has 3 N–H and O–H groups in total. The highest BCUT2D eigenvalue weighted by Gasteiger charge is 2.30. The molecule has 1 unspecified atom stereocenters. The van der Waals surface area contributed by atoms with Crippen LogP contribution in [0.3, 0.4) is 0 Å². The maximum atomic E-state index is 12.6. The molecule has 0 spiro atoms. The van der Waals surface area contributed by atoms with Crippen LogP contribution in [0.5, 0.6) is 0 Å². The van der Waals surface area contributed by atoms with Gasteiger partial charge in [0.05, 0.1) is 0 Å². The molecule has 2 atom stereocenters. The predicted molar refractivity (Wildman–Crippen MR) is 121 cm³/mol. The lowest BCUT2D eigenvalue weighted by atomic mass is 9.98. The number of rotatable bonds is 9. The highest BCUT2D eigenvalue weighted by atomic mass is 16.5. The predicted octanol–water partition coefficient (Wildman–Crippen LogP) is 3.92. The van der Waals surface area contributed by atoms with Crippen LogP contribution in [0.1, 0.15) is 50.7 Å². The molecule has 1 aliphatic rings. The monoisotopic (exact) mass is 438 g/mol. The van der Waals surface area contributed by atoms with E-state index in [2.05, 4.69) is 22.8 Å². The molecule has 2 amide bonds. The summed E-state index contributed by atoms with van der Waals surface area (Å²) in [6.45, 7) is 5.56. The summed E-state index contributed by atoms with van der Waals surface area (Å²) in [6.07, 6.45) is 0.391. The van der Waals surface area contributed by atoms with Crippen LogP contribution >= 0.6 is 0 Å². The van der Waals surface area contributed by atoms with Crippen molar-refractivity contribution < 1.29 is 24.2 Å². The molecule has 0 aliphatic heterocycles. The average molecular weight is 439 g/mol. The molecule has 170 valence electrons. The molecule has 0 aromatic heterocycles. The fraction of sp³-hybridized carbons (Fsp3) is 0.400. The zero-order chi connectivity index (χ0) is 23.3.